The summed E-state index contributed by atoms with van der Waals surface area (Å²) in [6.45, 7) is 2.19. The summed E-state index contributed by atoms with van der Waals surface area (Å²) in [6, 6.07) is 0. The van der Waals surface area contributed by atoms with Crippen molar-refractivity contribution in [3.8, 4) is 0 Å². The molecule has 0 radical (unpaired) electrons. The molecule has 0 spiro atoms. The van der Waals surface area contributed by atoms with E-state index < -0.39 is 11.5 Å². The molecule has 1 rings (SSSR count). The molecule has 6 nitrogen and oxygen atoms in total. The maximum absolute atomic E-state index is 11.1. The van der Waals surface area contributed by atoms with E-state index in [1.54, 1.807) is 6.92 Å². The maximum Gasteiger partial charge on any atom is 0.283 e. The van der Waals surface area contributed by atoms with E-state index in [0.717, 1.165) is 0 Å². The van der Waals surface area contributed by atoms with Gasteiger partial charge < -0.3 is 5.32 Å². The molecule has 0 aliphatic rings. The lowest BCUT2D eigenvalue weighted by Crippen LogP contribution is -2.31. The van der Waals surface area contributed by atoms with Crippen LogP contribution < -0.4 is 10.9 Å². The molecule has 1 heterocycles. The minimum atomic E-state index is -0.588. The van der Waals surface area contributed by atoms with Crippen LogP contribution in [0.2, 0.25) is 0 Å². The maximum atomic E-state index is 11.1. The minimum absolute atomic E-state index is 0.0954. The van der Waals surface area contributed by atoms with Gasteiger partial charge in [0.25, 0.3) is 11.5 Å². The average molecular weight is 200 g/mol. The normalized spacial score (nSPS) is 9.62. The summed E-state index contributed by atoms with van der Waals surface area (Å²) in [5.41, 5.74) is -0.801. The van der Waals surface area contributed by atoms with Crippen LogP contribution in [0.4, 0.5) is 0 Å². The Kier molecular flexibility index (Phi) is 2.91. The smallest absolute Gasteiger partial charge is 0.283 e. The fourth-order valence-corrected chi connectivity index (χ4v) is 0.884. The SMILES string of the molecule is CCNC(=O)c1n[nH]c(=S)[nH]c1=O. The van der Waals surface area contributed by atoms with Crippen LogP contribution in [0, 0.1) is 4.77 Å². The van der Waals surface area contributed by atoms with Gasteiger partial charge in [0.1, 0.15) is 0 Å². The van der Waals surface area contributed by atoms with Gasteiger partial charge in [-0.25, -0.2) is 0 Å². The number of nitrogens with zero attached hydrogens (tertiary/aromatic N) is 1. The Morgan fingerprint density at radius 1 is 1.69 bits per heavy atom. The summed E-state index contributed by atoms with van der Waals surface area (Å²) in [6.07, 6.45) is 0. The first kappa shape index (κ1) is 9.59. The molecule has 1 amide bonds. The topological polar surface area (TPSA) is 90.6 Å². The van der Waals surface area contributed by atoms with Gasteiger partial charge in [-0.15, -0.1) is 0 Å². The molecule has 0 saturated heterocycles. The first-order chi connectivity index (χ1) is 6.15. The summed E-state index contributed by atoms with van der Waals surface area (Å²) in [5, 5.41) is 8.29. The lowest BCUT2D eigenvalue weighted by Gasteiger charge is -1.98. The van der Waals surface area contributed by atoms with E-state index in [2.05, 4.69) is 32.7 Å². The number of carbonyl (C=O) groups is 1. The number of aromatic amines is 2. The van der Waals surface area contributed by atoms with Gasteiger partial charge in [0.05, 0.1) is 0 Å². The monoisotopic (exact) mass is 200 g/mol. The van der Waals surface area contributed by atoms with Gasteiger partial charge in [0.2, 0.25) is 5.69 Å². The lowest BCUT2D eigenvalue weighted by molar-refractivity contribution is 0.0948. The Bertz CT molecular complexity index is 421. The molecule has 0 aliphatic carbocycles. The highest BCUT2D eigenvalue weighted by Crippen LogP contribution is 1.80. The number of nitrogens with one attached hydrogen (secondary N) is 3. The molecule has 1 aromatic heterocycles. The van der Waals surface area contributed by atoms with Gasteiger partial charge in [-0.2, -0.15) is 5.10 Å². The molecule has 7 heteroatoms. The molecule has 1 aromatic rings. The standard InChI is InChI=1S/C6H8N4O2S/c1-2-7-4(11)3-5(12)8-6(13)10-9-3/h2H2,1H3,(H,7,11)(H2,8,10,12,13). The van der Waals surface area contributed by atoms with E-state index in [9.17, 15) is 9.59 Å². The van der Waals surface area contributed by atoms with Crippen molar-refractivity contribution in [2.75, 3.05) is 6.54 Å². The van der Waals surface area contributed by atoms with Gasteiger partial charge in [-0.3, -0.25) is 19.7 Å². The predicted octanol–water partition coefficient (Wildman–Crippen LogP) is -0.423. The van der Waals surface area contributed by atoms with E-state index >= 15 is 0 Å². The van der Waals surface area contributed by atoms with Crippen molar-refractivity contribution in [1.29, 1.82) is 0 Å². The number of hydrogen-bond donors (Lipinski definition) is 3. The van der Waals surface area contributed by atoms with Crippen LogP contribution in [-0.4, -0.2) is 27.6 Å². The zero-order chi connectivity index (χ0) is 9.84. The minimum Gasteiger partial charge on any atom is -0.351 e. The Balaban J connectivity index is 3.09. The molecular weight excluding hydrogens is 192 g/mol. The summed E-state index contributed by atoms with van der Waals surface area (Å²) in [5.74, 6) is -0.519. The summed E-state index contributed by atoms with van der Waals surface area (Å²) >= 11 is 4.61. The van der Waals surface area contributed by atoms with Crippen molar-refractivity contribution >= 4 is 18.1 Å². The summed E-state index contributed by atoms with van der Waals surface area (Å²) < 4.78 is 0.0954. The molecule has 0 unspecified atom stereocenters. The van der Waals surface area contributed by atoms with Gasteiger partial charge in [-0.05, 0) is 19.1 Å². The first-order valence-corrected chi connectivity index (χ1v) is 4.03. The molecular formula is C6H8N4O2S. The first-order valence-electron chi connectivity index (χ1n) is 3.62. The molecule has 0 aromatic carbocycles. The highest BCUT2D eigenvalue weighted by Gasteiger charge is 2.10. The van der Waals surface area contributed by atoms with Crippen LogP contribution in [0.15, 0.2) is 4.79 Å². The summed E-state index contributed by atoms with van der Waals surface area (Å²) in [7, 11) is 0. The molecule has 0 saturated carbocycles. The third kappa shape index (κ3) is 2.22. The Labute approximate surface area is 78.4 Å². The molecule has 13 heavy (non-hydrogen) atoms. The van der Waals surface area contributed by atoms with Gasteiger partial charge in [0, 0.05) is 6.54 Å². The van der Waals surface area contributed by atoms with E-state index in [-0.39, 0.29) is 10.5 Å². The van der Waals surface area contributed by atoms with E-state index in [1.807, 2.05) is 0 Å². The number of hydrogen-bond acceptors (Lipinski definition) is 4. The molecule has 70 valence electrons. The van der Waals surface area contributed by atoms with Crippen molar-refractivity contribution in [1.82, 2.24) is 20.5 Å². The van der Waals surface area contributed by atoms with E-state index in [0.29, 0.717) is 6.54 Å². The number of aromatic nitrogens is 3. The second-order valence-electron chi connectivity index (χ2n) is 2.21. The number of rotatable bonds is 2. The highest BCUT2D eigenvalue weighted by molar-refractivity contribution is 7.71. The van der Waals surface area contributed by atoms with E-state index in [1.165, 1.54) is 0 Å². The van der Waals surface area contributed by atoms with Crippen LogP contribution in [0.1, 0.15) is 17.4 Å². The van der Waals surface area contributed by atoms with Gasteiger partial charge in [0.15, 0.2) is 4.77 Å². The van der Waals surface area contributed by atoms with Crippen LogP contribution in [-0.2, 0) is 0 Å². The molecule has 0 bridgehead atoms. The quantitative estimate of drug-likeness (QED) is 0.565. The molecule has 0 atom stereocenters. The Hall–Kier alpha value is -1.50. The number of carbonyl (C=O) groups excluding carboxylic acids is 1. The van der Waals surface area contributed by atoms with Crippen molar-refractivity contribution in [3.63, 3.8) is 0 Å². The molecule has 0 fully saturated rings. The van der Waals surface area contributed by atoms with Gasteiger partial charge in [-0.1, -0.05) is 0 Å². The van der Waals surface area contributed by atoms with Crippen molar-refractivity contribution in [2.45, 2.75) is 6.92 Å². The zero-order valence-corrected chi connectivity index (χ0v) is 7.70. The largest absolute Gasteiger partial charge is 0.351 e. The second kappa shape index (κ2) is 3.94. The second-order valence-corrected chi connectivity index (χ2v) is 2.62. The van der Waals surface area contributed by atoms with Crippen molar-refractivity contribution in [2.24, 2.45) is 0 Å². The third-order valence-electron chi connectivity index (χ3n) is 1.26. The molecule has 0 aliphatic heterocycles. The lowest BCUT2D eigenvalue weighted by atomic mass is 10.4. The average Bonchev–Trinajstić information content (AvgIpc) is 2.04. The van der Waals surface area contributed by atoms with Crippen LogP contribution in [0.25, 0.3) is 0 Å². The van der Waals surface area contributed by atoms with E-state index in [4.69, 9.17) is 0 Å². The highest BCUT2D eigenvalue weighted by atomic mass is 32.1. The Morgan fingerprint density at radius 2 is 2.38 bits per heavy atom. The van der Waals surface area contributed by atoms with Crippen LogP contribution in [0.3, 0.4) is 0 Å². The summed E-state index contributed by atoms with van der Waals surface area (Å²) in [4.78, 5) is 24.5. The fourth-order valence-electron chi connectivity index (χ4n) is 0.746. The van der Waals surface area contributed by atoms with Crippen LogP contribution >= 0.6 is 12.2 Å². The van der Waals surface area contributed by atoms with Crippen molar-refractivity contribution < 1.29 is 4.79 Å². The van der Waals surface area contributed by atoms with Crippen molar-refractivity contribution in [3.05, 3.63) is 20.8 Å². The third-order valence-corrected chi connectivity index (χ3v) is 1.46. The number of amides is 1. The van der Waals surface area contributed by atoms with Crippen LogP contribution in [0.5, 0.6) is 0 Å². The zero-order valence-electron chi connectivity index (χ0n) is 6.88. The molecule has 3 N–H and O–H groups in total. The Morgan fingerprint density at radius 3 is 2.92 bits per heavy atom. The van der Waals surface area contributed by atoms with Gasteiger partial charge >= 0.3 is 0 Å². The predicted molar refractivity (Wildman–Crippen MR) is 48.0 cm³/mol. The fraction of sp³-hybridized carbons (Fsp3) is 0.333. The number of H-pyrrole nitrogens is 2.